The number of pyridine rings is 2. The number of ketones is 1. The summed E-state index contributed by atoms with van der Waals surface area (Å²) in [6.07, 6.45) is 9.90. The Morgan fingerprint density at radius 2 is 1.41 bits per heavy atom. The van der Waals surface area contributed by atoms with Gasteiger partial charge in [0.05, 0.1) is 37.0 Å². The molecule has 0 bridgehead atoms. The van der Waals surface area contributed by atoms with Crippen LogP contribution >= 0.6 is 0 Å². The van der Waals surface area contributed by atoms with Crippen LogP contribution in [0.2, 0.25) is 0 Å². The Morgan fingerprint density at radius 3 is 1.96 bits per heavy atom. The first-order valence-corrected chi connectivity index (χ1v) is 16.6. The van der Waals surface area contributed by atoms with Crippen LogP contribution in [0.1, 0.15) is 32.9 Å². The second-order valence-corrected chi connectivity index (χ2v) is 12.3. The molecule has 54 heavy (non-hydrogen) atoms. The number of hydrogen-bond acceptors (Lipinski definition) is 11. The molecular weight excluding hydrogens is 679 g/mol. The molecule has 268 valence electrons. The van der Waals surface area contributed by atoms with E-state index in [2.05, 4.69) is 36.0 Å². The number of nitrogens with zero attached hydrogens (tertiary/aromatic N) is 11. The monoisotopic (exact) mass is 715 g/mol. The quantitative estimate of drug-likeness (QED) is 0.0648. The Morgan fingerprint density at radius 1 is 0.833 bits per heavy atom. The molecule has 0 saturated carbocycles. The molecule has 0 aliphatic heterocycles. The molecule has 5 aromatic heterocycles. The van der Waals surface area contributed by atoms with E-state index in [1.807, 2.05) is 85.1 Å². The first kappa shape index (κ1) is 37.7. The van der Waals surface area contributed by atoms with Crippen molar-refractivity contribution in [3.63, 3.8) is 0 Å². The number of allylic oxidation sites excluding steroid dienone is 1. The summed E-state index contributed by atoms with van der Waals surface area (Å²) < 4.78 is 3.65. The Hall–Kier alpha value is -7.58. The Bertz CT molecular complexity index is 2520. The Kier molecular flexibility index (Phi) is 12.3. The molecule has 3 N–H and O–H groups in total. The first-order chi connectivity index (χ1) is 26.1. The fraction of sp³-hybridized carbons (Fsp3) is 0.150. The highest BCUT2D eigenvalue weighted by molar-refractivity contribution is 6.11. The zero-order valence-corrected chi connectivity index (χ0v) is 30.2. The summed E-state index contributed by atoms with van der Waals surface area (Å²) in [5.74, 6) is 0.473. The number of carbonyl (C=O) groups is 1. The summed E-state index contributed by atoms with van der Waals surface area (Å²) >= 11 is 0. The average molecular weight is 716 g/mol. The molecular formula is C40H37N13O. The van der Waals surface area contributed by atoms with Gasteiger partial charge in [-0.3, -0.25) is 10.2 Å². The minimum atomic E-state index is -0.240. The summed E-state index contributed by atoms with van der Waals surface area (Å²) in [4.78, 5) is 39.5. The molecule has 0 radical (unpaired) electrons. The minimum Gasteiger partial charge on any atom is -0.386 e. The van der Waals surface area contributed by atoms with Crippen LogP contribution in [0.3, 0.4) is 0 Å². The van der Waals surface area contributed by atoms with Gasteiger partial charge in [-0.15, -0.1) is 0 Å². The number of carbonyl (C=O) groups excluding carboxylic acids is 1. The largest absolute Gasteiger partial charge is 0.386 e. The van der Waals surface area contributed by atoms with Crippen molar-refractivity contribution in [3.8, 4) is 23.4 Å². The van der Waals surface area contributed by atoms with Crippen LogP contribution in [0.5, 0.6) is 0 Å². The number of fused-ring (bicyclic) bond motifs is 2. The number of nitrogens with two attached hydrogens (primary N) is 1. The summed E-state index contributed by atoms with van der Waals surface area (Å²) in [6, 6.07) is 26.7. The zero-order valence-electron chi connectivity index (χ0n) is 30.2. The molecule has 0 spiro atoms. The van der Waals surface area contributed by atoms with Crippen LogP contribution in [-0.4, -0.2) is 69.7 Å². The van der Waals surface area contributed by atoms with Gasteiger partial charge in [-0.2, -0.15) is 10.5 Å². The van der Waals surface area contributed by atoms with Crippen molar-refractivity contribution in [2.24, 2.45) is 5.73 Å². The third kappa shape index (κ3) is 9.60. The van der Waals surface area contributed by atoms with Crippen LogP contribution in [0.4, 0.5) is 0 Å². The minimum absolute atomic E-state index is 0.102. The average Bonchev–Trinajstić information content (AvgIpc) is 3.78. The fourth-order valence-corrected chi connectivity index (χ4v) is 5.13. The van der Waals surface area contributed by atoms with Gasteiger partial charge in [0.15, 0.2) is 11.3 Å². The van der Waals surface area contributed by atoms with Crippen LogP contribution in [0, 0.1) is 41.9 Å². The summed E-state index contributed by atoms with van der Waals surface area (Å²) in [7, 11) is 3.56. The van der Waals surface area contributed by atoms with E-state index in [0.717, 1.165) is 39.0 Å². The maximum atomic E-state index is 11.9. The highest BCUT2D eigenvalue weighted by Gasteiger charge is 2.13. The van der Waals surface area contributed by atoms with Crippen molar-refractivity contribution in [1.29, 1.82) is 15.9 Å². The van der Waals surface area contributed by atoms with Crippen molar-refractivity contribution in [2.45, 2.75) is 26.9 Å². The van der Waals surface area contributed by atoms with Crippen molar-refractivity contribution < 1.29 is 4.79 Å². The van der Waals surface area contributed by atoms with Crippen molar-refractivity contribution in [1.82, 2.24) is 43.9 Å². The first-order valence-electron chi connectivity index (χ1n) is 16.6. The van der Waals surface area contributed by atoms with Gasteiger partial charge in [0.25, 0.3) is 0 Å². The highest BCUT2D eigenvalue weighted by atomic mass is 16.1. The van der Waals surface area contributed by atoms with Crippen LogP contribution in [-0.2, 0) is 13.1 Å². The van der Waals surface area contributed by atoms with Crippen molar-refractivity contribution >= 4 is 33.9 Å². The Labute approximate surface area is 312 Å². The standard InChI is InChI=1S/C19H14N6.C13H14N2O.C8H9N5/c1-13-4-6-14(7-5-13)18-15(9-20)10-22-17(24-18)11-25-12-23-16-3-2-8-21-19(16)25;1-10-4-6-11(7-5-10)13(16)12(8-14)9-15(2)3;9-7(10)4-13-5-12-6-2-1-3-11-8(6)13/h2-8,10,12H,11H2,1H3;4-7,9H,1-3H3;1-3,5H,4H2,(H3,9,10)/b;12-9-;. The van der Waals surface area contributed by atoms with Crippen LogP contribution in [0.25, 0.3) is 33.6 Å². The van der Waals surface area contributed by atoms with Gasteiger partial charge in [-0.25, -0.2) is 29.9 Å². The second-order valence-electron chi connectivity index (χ2n) is 12.3. The number of Topliss-reactive ketones (excluding diaryl/α,β-unsaturated/α-hetero) is 1. The van der Waals surface area contributed by atoms with E-state index in [1.54, 1.807) is 66.9 Å². The molecule has 0 fully saturated rings. The number of aryl methyl sites for hydroxylation is 2. The topological polar surface area (TPSA) is 205 Å². The number of rotatable bonds is 8. The lowest BCUT2D eigenvalue weighted by atomic mass is 10.0. The van der Waals surface area contributed by atoms with Gasteiger partial charge in [0.2, 0.25) is 5.78 Å². The maximum absolute atomic E-state index is 11.9. The molecule has 0 amide bonds. The van der Waals surface area contributed by atoms with Crippen molar-refractivity contribution in [3.05, 3.63) is 144 Å². The van der Waals surface area contributed by atoms with E-state index < -0.39 is 0 Å². The molecule has 0 atom stereocenters. The number of imidazole rings is 2. The molecule has 0 aliphatic carbocycles. The summed E-state index contributed by atoms with van der Waals surface area (Å²) in [5, 5.41) is 25.4. The molecule has 14 heteroatoms. The smallest absolute Gasteiger partial charge is 0.205 e. The van der Waals surface area contributed by atoms with Crippen LogP contribution < -0.4 is 5.73 Å². The second kappa shape index (κ2) is 17.6. The molecule has 0 aliphatic rings. The van der Waals surface area contributed by atoms with Gasteiger partial charge in [-0.05, 0) is 38.1 Å². The van der Waals surface area contributed by atoms with Gasteiger partial charge in [-0.1, -0.05) is 59.7 Å². The SMILES string of the molecule is Cc1ccc(-c2nc(Cn3cnc4cccnc43)ncc2C#N)cc1.Cc1ccc(C(=O)/C(C#N)=C\N(C)C)cc1.N=C(N)Cn1cnc2cccnc21. The molecule has 14 nitrogen and oxygen atoms in total. The summed E-state index contributed by atoms with van der Waals surface area (Å²) in [6.45, 7) is 4.76. The molecule has 7 rings (SSSR count). The van der Waals surface area contributed by atoms with E-state index in [-0.39, 0.29) is 17.2 Å². The molecule has 7 aromatic rings. The number of aromatic nitrogens is 8. The number of amidine groups is 1. The van der Waals surface area contributed by atoms with Gasteiger partial charge >= 0.3 is 0 Å². The van der Waals surface area contributed by atoms with E-state index in [0.29, 0.717) is 35.7 Å². The third-order valence-electron chi connectivity index (χ3n) is 7.75. The molecule has 0 saturated heterocycles. The number of nitriles is 2. The lowest BCUT2D eigenvalue weighted by Gasteiger charge is -2.07. The molecule has 2 aromatic carbocycles. The number of benzene rings is 2. The predicted molar refractivity (Wildman–Crippen MR) is 206 cm³/mol. The molecule has 5 heterocycles. The number of nitrogens with one attached hydrogen (secondary N) is 1. The van der Waals surface area contributed by atoms with Crippen molar-refractivity contribution in [2.75, 3.05) is 14.1 Å². The number of hydrogen-bond donors (Lipinski definition) is 2. The van der Waals surface area contributed by atoms with Crippen LogP contribution in [0.15, 0.2) is 116 Å². The third-order valence-corrected chi connectivity index (χ3v) is 7.75. The fourth-order valence-electron chi connectivity index (χ4n) is 5.13. The van der Waals surface area contributed by atoms with E-state index in [4.69, 9.17) is 16.4 Å². The maximum Gasteiger partial charge on any atom is 0.205 e. The van der Waals surface area contributed by atoms with E-state index in [9.17, 15) is 10.1 Å². The zero-order chi connectivity index (χ0) is 38.6. The van der Waals surface area contributed by atoms with Gasteiger partial charge in [0.1, 0.15) is 40.4 Å². The molecule has 0 unspecified atom stereocenters. The normalized spacial score (nSPS) is 10.7. The lowest BCUT2D eigenvalue weighted by molar-refractivity contribution is 0.103. The lowest BCUT2D eigenvalue weighted by Crippen LogP contribution is -2.17. The Balaban J connectivity index is 0.000000167. The van der Waals surface area contributed by atoms with Gasteiger partial charge < -0.3 is 19.8 Å². The van der Waals surface area contributed by atoms with E-state index >= 15 is 0 Å². The van der Waals surface area contributed by atoms with Gasteiger partial charge in [0, 0.05) is 50.0 Å². The summed E-state index contributed by atoms with van der Waals surface area (Å²) in [5.41, 5.74) is 13.4. The highest BCUT2D eigenvalue weighted by Crippen LogP contribution is 2.22. The predicted octanol–water partition coefficient (Wildman–Crippen LogP) is 5.63. The van der Waals surface area contributed by atoms with E-state index in [1.165, 1.54) is 6.20 Å².